The van der Waals surface area contributed by atoms with Crippen LogP contribution in [0.3, 0.4) is 0 Å². The summed E-state index contributed by atoms with van der Waals surface area (Å²) in [4.78, 5) is 6.71. The number of nitrogens with one attached hydrogen (secondary N) is 1. The van der Waals surface area contributed by atoms with Crippen LogP contribution in [0, 0.1) is 0 Å². The largest absolute Gasteiger partial charge is 0.357 e. The summed E-state index contributed by atoms with van der Waals surface area (Å²) in [6, 6.07) is 6.78. The van der Waals surface area contributed by atoms with Crippen LogP contribution in [0.2, 0.25) is 0 Å². The first-order chi connectivity index (χ1) is 6.90. The molecule has 0 bridgehead atoms. The molecule has 0 atom stereocenters. The third-order valence-electron chi connectivity index (χ3n) is 2.88. The number of hydrogen-bond acceptors (Lipinski definition) is 3. The third kappa shape index (κ3) is 3.81. The molecule has 2 rings (SSSR count). The minimum Gasteiger partial charge on any atom is -0.357 e. The first-order valence-electron chi connectivity index (χ1n) is 5.23. The lowest BCUT2D eigenvalue weighted by molar-refractivity contribution is 0.441. The summed E-state index contributed by atoms with van der Waals surface area (Å²) in [7, 11) is 2.04. The number of anilines is 1. The van der Waals surface area contributed by atoms with E-state index >= 15 is 0 Å². The lowest BCUT2D eigenvalue weighted by Crippen LogP contribution is -2.41. The lowest BCUT2D eigenvalue weighted by atomic mass is 10.1. The normalized spacial score (nSPS) is 16.2. The maximum atomic E-state index is 4.36. The van der Waals surface area contributed by atoms with Crippen molar-refractivity contribution in [2.75, 3.05) is 25.0 Å². The molecule has 0 aromatic carbocycles. The van der Waals surface area contributed by atoms with E-state index in [1.165, 1.54) is 12.8 Å². The van der Waals surface area contributed by atoms with Crippen molar-refractivity contribution in [3.05, 3.63) is 24.4 Å². The second-order valence-electron chi connectivity index (χ2n) is 3.74. The molecule has 1 N–H and O–H groups in total. The van der Waals surface area contributed by atoms with Crippen LogP contribution in [-0.4, -0.2) is 31.2 Å². The molecule has 5 heteroatoms. The second-order valence-corrected chi connectivity index (χ2v) is 3.74. The van der Waals surface area contributed by atoms with Gasteiger partial charge in [-0.1, -0.05) is 6.07 Å². The van der Waals surface area contributed by atoms with Crippen LogP contribution in [0.25, 0.3) is 0 Å². The average molecular weight is 264 g/mol. The second kappa shape index (κ2) is 7.71. The Morgan fingerprint density at radius 3 is 2.44 bits per heavy atom. The first kappa shape index (κ1) is 15.5. The van der Waals surface area contributed by atoms with Gasteiger partial charge in [-0.2, -0.15) is 0 Å². The van der Waals surface area contributed by atoms with E-state index in [0.717, 1.165) is 18.9 Å². The van der Waals surface area contributed by atoms with Gasteiger partial charge in [-0.15, -0.1) is 24.8 Å². The zero-order valence-corrected chi connectivity index (χ0v) is 11.1. The Hall–Kier alpha value is -0.510. The molecule has 1 fully saturated rings. The quantitative estimate of drug-likeness (QED) is 0.886. The van der Waals surface area contributed by atoms with Crippen LogP contribution in [0.4, 0.5) is 5.82 Å². The third-order valence-corrected chi connectivity index (χ3v) is 2.88. The number of nitrogens with zero attached hydrogens (tertiary/aromatic N) is 2. The summed E-state index contributed by atoms with van der Waals surface area (Å²) in [6.45, 7) is 2.23. The molecule has 92 valence electrons. The van der Waals surface area contributed by atoms with Gasteiger partial charge >= 0.3 is 0 Å². The van der Waals surface area contributed by atoms with Crippen LogP contribution in [-0.2, 0) is 0 Å². The van der Waals surface area contributed by atoms with Gasteiger partial charge in [0.05, 0.1) is 0 Å². The highest BCUT2D eigenvalue weighted by molar-refractivity contribution is 5.85. The molecule has 1 saturated heterocycles. The molecular weight excluding hydrogens is 245 g/mol. The van der Waals surface area contributed by atoms with Crippen LogP contribution in [0.15, 0.2) is 24.4 Å². The molecule has 0 unspecified atom stereocenters. The Bertz CT molecular complexity index is 274. The van der Waals surface area contributed by atoms with Crippen molar-refractivity contribution < 1.29 is 0 Å². The molecule has 1 aromatic heterocycles. The lowest BCUT2D eigenvalue weighted by Gasteiger charge is -2.32. The monoisotopic (exact) mass is 263 g/mol. The van der Waals surface area contributed by atoms with E-state index in [1.54, 1.807) is 0 Å². The van der Waals surface area contributed by atoms with Crippen molar-refractivity contribution >= 4 is 30.6 Å². The standard InChI is InChI=1S/C11H17N3.2ClH/c1-12-10-5-8-14(9-6-10)11-4-2-3-7-13-11;;/h2-4,7,10,12H,5-6,8-9H2,1H3;2*1H. The Kier molecular flexibility index (Phi) is 7.47. The minimum atomic E-state index is 0. The van der Waals surface area contributed by atoms with Crippen molar-refractivity contribution in [3.63, 3.8) is 0 Å². The fraction of sp³-hybridized carbons (Fsp3) is 0.545. The molecule has 0 amide bonds. The summed E-state index contributed by atoms with van der Waals surface area (Å²) in [5.41, 5.74) is 0. The highest BCUT2D eigenvalue weighted by Gasteiger charge is 2.17. The van der Waals surface area contributed by atoms with E-state index in [4.69, 9.17) is 0 Å². The van der Waals surface area contributed by atoms with Gasteiger partial charge in [-0.25, -0.2) is 4.98 Å². The molecule has 16 heavy (non-hydrogen) atoms. The molecule has 1 aliphatic heterocycles. The van der Waals surface area contributed by atoms with Gasteiger partial charge in [0.1, 0.15) is 5.82 Å². The maximum Gasteiger partial charge on any atom is 0.128 e. The van der Waals surface area contributed by atoms with Gasteiger partial charge < -0.3 is 10.2 Å². The Morgan fingerprint density at radius 1 is 1.25 bits per heavy atom. The van der Waals surface area contributed by atoms with Gasteiger partial charge in [-0.3, -0.25) is 0 Å². The molecule has 1 aliphatic rings. The summed E-state index contributed by atoms with van der Waals surface area (Å²) in [5.74, 6) is 1.11. The van der Waals surface area contributed by atoms with E-state index in [9.17, 15) is 0 Å². The minimum absolute atomic E-state index is 0. The highest BCUT2D eigenvalue weighted by atomic mass is 35.5. The van der Waals surface area contributed by atoms with E-state index < -0.39 is 0 Å². The van der Waals surface area contributed by atoms with Crippen LogP contribution in [0.5, 0.6) is 0 Å². The zero-order chi connectivity index (χ0) is 9.80. The average Bonchev–Trinajstić information content (AvgIpc) is 2.30. The van der Waals surface area contributed by atoms with E-state index in [0.29, 0.717) is 6.04 Å². The first-order valence-corrected chi connectivity index (χ1v) is 5.23. The number of hydrogen-bond donors (Lipinski definition) is 1. The van der Waals surface area contributed by atoms with Gasteiger partial charge in [0, 0.05) is 25.3 Å². The van der Waals surface area contributed by atoms with Gasteiger partial charge in [0.15, 0.2) is 0 Å². The molecule has 2 heterocycles. The van der Waals surface area contributed by atoms with Crippen molar-refractivity contribution in [2.45, 2.75) is 18.9 Å². The van der Waals surface area contributed by atoms with Crippen LogP contribution >= 0.6 is 24.8 Å². The molecule has 0 aliphatic carbocycles. The Balaban J connectivity index is 0.00000112. The fourth-order valence-electron chi connectivity index (χ4n) is 1.94. The van der Waals surface area contributed by atoms with Crippen molar-refractivity contribution in [3.8, 4) is 0 Å². The predicted octanol–water partition coefficient (Wildman–Crippen LogP) is 2.11. The molecule has 3 nitrogen and oxygen atoms in total. The van der Waals surface area contributed by atoms with E-state index in [-0.39, 0.29) is 24.8 Å². The number of rotatable bonds is 2. The molecule has 0 radical (unpaired) electrons. The number of aromatic nitrogens is 1. The number of pyridine rings is 1. The summed E-state index contributed by atoms with van der Waals surface area (Å²) >= 11 is 0. The van der Waals surface area contributed by atoms with Crippen molar-refractivity contribution in [2.24, 2.45) is 0 Å². The fourth-order valence-corrected chi connectivity index (χ4v) is 1.94. The zero-order valence-electron chi connectivity index (χ0n) is 9.43. The van der Waals surface area contributed by atoms with Gasteiger partial charge in [0.2, 0.25) is 0 Å². The van der Waals surface area contributed by atoms with Crippen molar-refractivity contribution in [1.82, 2.24) is 10.3 Å². The van der Waals surface area contributed by atoms with E-state index in [1.807, 2.05) is 25.4 Å². The number of piperidine rings is 1. The number of halogens is 2. The summed E-state index contributed by atoms with van der Waals surface area (Å²) in [6.07, 6.45) is 4.29. The Labute approximate surface area is 109 Å². The molecule has 1 aromatic rings. The van der Waals surface area contributed by atoms with Gasteiger partial charge in [0.25, 0.3) is 0 Å². The predicted molar refractivity (Wildman–Crippen MR) is 73.0 cm³/mol. The van der Waals surface area contributed by atoms with Crippen LogP contribution in [0.1, 0.15) is 12.8 Å². The molecular formula is C11H19Cl2N3. The van der Waals surface area contributed by atoms with Crippen molar-refractivity contribution in [1.29, 1.82) is 0 Å². The highest BCUT2D eigenvalue weighted by Crippen LogP contribution is 2.16. The summed E-state index contributed by atoms with van der Waals surface area (Å²) in [5, 5.41) is 3.33. The van der Waals surface area contributed by atoms with Gasteiger partial charge in [-0.05, 0) is 32.0 Å². The van der Waals surface area contributed by atoms with Crippen LogP contribution < -0.4 is 10.2 Å². The maximum absolute atomic E-state index is 4.36. The summed E-state index contributed by atoms with van der Waals surface area (Å²) < 4.78 is 0. The molecule has 0 spiro atoms. The topological polar surface area (TPSA) is 28.2 Å². The van der Waals surface area contributed by atoms with E-state index in [2.05, 4.69) is 21.3 Å². The smallest absolute Gasteiger partial charge is 0.128 e. The molecule has 0 saturated carbocycles. The SMILES string of the molecule is CNC1CCN(c2ccccn2)CC1.Cl.Cl. The Morgan fingerprint density at radius 2 is 1.94 bits per heavy atom.